The van der Waals surface area contributed by atoms with Gasteiger partial charge in [-0.05, 0) is 49.1 Å². The number of hydrogen-bond donors (Lipinski definition) is 1. The molecule has 108 valence electrons. The summed E-state index contributed by atoms with van der Waals surface area (Å²) < 4.78 is 0. The van der Waals surface area contributed by atoms with E-state index in [4.69, 9.17) is 5.73 Å². The second-order valence-electron chi connectivity index (χ2n) is 6.78. The van der Waals surface area contributed by atoms with E-state index in [0.717, 1.165) is 19.3 Å². The number of carbonyl (C=O) groups excluding carboxylic acids is 1. The SMILES string of the molecule is NC1(CC(=O)CC2CCCc3ccccc32)CCCC1. The minimum atomic E-state index is -0.189. The minimum Gasteiger partial charge on any atom is -0.325 e. The van der Waals surface area contributed by atoms with Crippen LogP contribution in [0.25, 0.3) is 0 Å². The highest BCUT2D eigenvalue weighted by Gasteiger charge is 2.32. The molecule has 2 aliphatic rings. The predicted octanol–water partition coefficient (Wildman–Crippen LogP) is 3.73. The number of rotatable bonds is 4. The normalized spacial score (nSPS) is 24.4. The van der Waals surface area contributed by atoms with E-state index >= 15 is 0 Å². The molecule has 2 N–H and O–H groups in total. The van der Waals surface area contributed by atoms with E-state index in [9.17, 15) is 4.79 Å². The molecule has 2 aliphatic carbocycles. The van der Waals surface area contributed by atoms with Crippen molar-refractivity contribution < 1.29 is 4.79 Å². The average Bonchev–Trinajstić information content (AvgIpc) is 2.85. The fraction of sp³-hybridized carbons (Fsp3) is 0.611. The van der Waals surface area contributed by atoms with Crippen molar-refractivity contribution in [1.29, 1.82) is 0 Å². The van der Waals surface area contributed by atoms with Gasteiger partial charge in [-0.3, -0.25) is 4.79 Å². The molecule has 2 heteroatoms. The fourth-order valence-electron chi connectivity index (χ4n) is 4.06. The zero-order valence-electron chi connectivity index (χ0n) is 12.2. The second-order valence-corrected chi connectivity index (χ2v) is 6.78. The lowest BCUT2D eigenvalue weighted by atomic mass is 9.79. The monoisotopic (exact) mass is 271 g/mol. The first-order valence-electron chi connectivity index (χ1n) is 8.05. The van der Waals surface area contributed by atoms with Crippen molar-refractivity contribution in [3.8, 4) is 0 Å². The first kappa shape index (κ1) is 13.8. The summed E-state index contributed by atoms with van der Waals surface area (Å²) >= 11 is 0. The van der Waals surface area contributed by atoms with Gasteiger partial charge < -0.3 is 5.73 Å². The Morgan fingerprint density at radius 1 is 1.20 bits per heavy atom. The van der Waals surface area contributed by atoms with Crippen LogP contribution in [0.5, 0.6) is 0 Å². The first-order chi connectivity index (χ1) is 9.66. The molecule has 1 aromatic carbocycles. The van der Waals surface area contributed by atoms with Crippen LogP contribution >= 0.6 is 0 Å². The van der Waals surface area contributed by atoms with Crippen LogP contribution in [0.2, 0.25) is 0 Å². The Balaban J connectivity index is 1.65. The number of fused-ring (bicyclic) bond motifs is 1. The van der Waals surface area contributed by atoms with Gasteiger partial charge in [-0.15, -0.1) is 0 Å². The van der Waals surface area contributed by atoms with Crippen molar-refractivity contribution in [2.24, 2.45) is 5.73 Å². The van der Waals surface area contributed by atoms with Gasteiger partial charge in [-0.2, -0.15) is 0 Å². The molecule has 1 atom stereocenters. The second kappa shape index (κ2) is 5.69. The van der Waals surface area contributed by atoms with Gasteiger partial charge in [0.05, 0.1) is 0 Å². The zero-order valence-corrected chi connectivity index (χ0v) is 12.2. The number of ketones is 1. The highest BCUT2D eigenvalue weighted by molar-refractivity contribution is 5.80. The van der Waals surface area contributed by atoms with Crippen molar-refractivity contribution >= 4 is 5.78 Å². The molecule has 20 heavy (non-hydrogen) atoms. The Hall–Kier alpha value is -1.15. The topological polar surface area (TPSA) is 43.1 Å². The highest BCUT2D eigenvalue weighted by atomic mass is 16.1. The Morgan fingerprint density at radius 2 is 1.95 bits per heavy atom. The van der Waals surface area contributed by atoms with Crippen molar-refractivity contribution in [3.05, 3.63) is 35.4 Å². The van der Waals surface area contributed by atoms with E-state index < -0.39 is 0 Å². The van der Waals surface area contributed by atoms with Crippen LogP contribution in [0.4, 0.5) is 0 Å². The molecular formula is C18H25NO. The van der Waals surface area contributed by atoms with Crippen molar-refractivity contribution in [2.75, 3.05) is 0 Å². The summed E-state index contributed by atoms with van der Waals surface area (Å²) in [6.07, 6.45) is 9.25. The van der Waals surface area contributed by atoms with Crippen molar-refractivity contribution in [3.63, 3.8) is 0 Å². The van der Waals surface area contributed by atoms with Gasteiger partial charge in [-0.25, -0.2) is 0 Å². The summed E-state index contributed by atoms with van der Waals surface area (Å²) in [4.78, 5) is 12.4. The number of aryl methyl sites for hydroxylation is 1. The van der Waals surface area contributed by atoms with Gasteiger partial charge >= 0.3 is 0 Å². The zero-order chi connectivity index (χ0) is 14.0. The van der Waals surface area contributed by atoms with Crippen LogP contribution in [-0.2, 0) is 11.2 Å². The minimum absolute atomic E-state index is 0.189. The summed E-state index contributed by atoms with van der Waals surface area (Å²) in [5, 5.41) is 0. The lowest BCUT2D eigenvalue weighted by molar-refractivity contribution is -0.120. The van der Waals surface area contributed by atoms with Gasteiger partial charge in [0.2, 0.25) is 0 Å². The van der Waals surface area contributed by atoms with E-state index in [1.807, 2.05) is 0 Å². The van der Waals surface area contributed by atoms with Crippen LogP contribution in [0.1, 0.15) is 68.4 Å². The molecule has 3 rings (SSSR count). The van der Waals surface area contributed by atoms with E-state index in [1.54, 1.807) is 0 Å². The molecule has 0 heterocycles. The first-order valence-corrected chi connectivity index (χ1v) is 8.05. The lowest BCUT2D eigenvalue weighted by Gasteiger charge is -2.27. The maximum atomic E-state index is 12.4. The van der Waals surface area contributed by atoms with Gasteiger partial charge in [-0.1, -0.05) is 37.1 Å². The van der Waals surface area contributed by atoms with Gasteiger partial charge in [0.25, 0.3) is 0 Å². The van der Waals surface area contributed by atoms with E-state index in [0.29, 0.717) is 24.5 Å². The Morgan fingerprint density at radius 3 is 2.75 bits per heavy atom. The highest BCUT2D eigenvalue weighted by Crippen LogP contribution is 2.36. The molecule has 0 saturated heterocycles. The molecule has 1 saturated carbocycles. The molecular weight excluding hydrogens is 246 g/mol. The fourth-order valence-corrected chi connectivity index (χ4v) is 4.06. The van der Waals surface area contributed by atoms with E-state index in [1.165, 1.54) is 36.8 Å². The van der Waals surface area contributed by atoms with E-state index in [2.05, 4.69) is 24.3 Å². The molecule has 0 bridgehead atoms. The number of hydrogen-bond acceptors (Lipinski definition) is 2. The Labute approximate surface area is 121 Å². The summed E-state index contributed by atoms with van der Waals surface area (Å²) in [5.74, 6) is 0.800. The predicted molar refractivity (Wildman–Crippen MR) is 81.7 cm³/mol. The summed E-state index contributed by atoms with van der Waals surface area (Å²) in [7, 11) is 0. The Kier molecular flexibility index (Phi) is 3.93. The molecule has 1 fully saturated rings. The van der Waals surface area contributed by atoms with Crippen LogP contribution in [0.15, 0.2) is 24.3 Å². The average molecular weight is 271 g/mol. The maximum Gasteiger partial charge on any atom is 0.135 e. The van der Waals surface area contributed by atoms with Crippen molar-refractivity contribution in [2.45, 2.75) is 69.2 Å². The standard InChI is InChI=1S/C18H25NO/c19-18(10-3-4-11-18)13-16(20)12-15-8-5-7-14-6-1-2-9-17(14)15/h1-2,6,9,15H,3-5,7-8,10-13,19H2. The van der Waals surface area contributed by atoms with Crippen LogP contribution in [-0.4, -0.2) is 11.3 Å². The number of nitrogens with two attached hydrogens (primary N) is 1. The quantitative estimate of drug-likeness (QED) is 0.906. The molecule has 0 amide bonds. The molecule has 0 aliphatic heterocycles. The largest absolute Gasteiger partial charge is 0.325 e. The van der Waals surface area contributed by atoms with Gasteiger partial charge in [0, 0.05) is 18.4 Å². The number of Topliss-reactive ketones (excluding diaryl/α,β-unsaturated/α-hetero) is 1. The van der Waals surface area contributed by atoms with Crippen LogP contribution in [0, 0.1) is 0 Å². The lowest BCUT2D eigenvalue weighted by Crippen LogP contribution is -2.39. The molecule has 1 aromatic rings. The molecule has 0 radical (unpaired) electrons. The van der Waals surface area contributed by atoms with Gasteiger partial charge in [0.15, 0.2) is 0 Å². The smallest absolute Gasteiger partial charge is 0.135 e. The summed E-state index contributed by atoms with van der Waals surface area (Å²) in [5.41, 5.74) is 9.00. The third kappa shape index (κ3) is 2.95. The third-order valence-electron chi connectivity index (χ3n) is 5.12. The van der Waals surface area contributed by atoms with Crippen LogP contribution in [0.3, 0.4) is 0 Å². The van der Waals surface area contributed by atoms with E-state index in [-0.39, 0.29) is 5.54 Å². The van der Waals surface area contributed by atoms with Crippen LogP contribution < -0.4 is 5.73 Å². The Bertz CT molecular complexity index is 488. The number of benzene rings is 1. The molecule has 2 nitrogen and oxygen atoms in total. The molecule has 0 spiro atoms. The number of carbonyl (C=O) groups is 1. The molecule has 0 aromatic heterocycles. The maximum absolute atomic E-state index is 12.4. The molecule has 1 unspecified atom stereocenters. The third-order valence-corrected chi connectivity index (χ3v) is 5.12. The van der Waals surface area contributed by atoms with Gasteiger partial charge in [0.1, 0.15) is 5.78 Å². The summed E-state index contributed by atoms with van der Waals surface area (Å²) in [6.45, 7) is 0. The van der Waals surface area contributed by atoms with Crippen molar-refractivity contribution in [1.82, 2.24) is 0 Å². The summed E-state index contributed by atoms with van der Waals surface area (Å²) in [6, 6.07) is 8.63.